The van der Waals surface area contributed by atoms with Crippen LogP contribution < -0.4 is 5.32 Å². The summed E-state index contributed by atoms with van der Waals surface area (Å²) in [5, 5.41) is 3.42. The summed E-state index contributed by atoms with van der Waals surface area (Å²) in [5.41, 5.74) is 1.90. The first-order valence-electron chi connectivity index (χ1n) is 7.59. The van der Waals surface area contributed by atoms with Crippen LogP contribution in [0.1, 0.15) is 67.3 Å². The van der Waals surface area contributed by atoms with Gasteiger partial charge in [-0.15, -0.1) is 0 Å². The van der Waals surface area contributed by atoms with E-state index in [2.05, 4.69) is 24.4 Å². The number of carbonyl (C=O) groups is 1. The Morgan fingerprint density at radius 1 is 1.26 bits per heavy atom. The predicted molar refractivity (Wildman–Crippen MR) is 77.6 cm³/mol. The molecule has 1 saturated heterocycles. The first kappa shape index (κ1) is 12.9. The molecule has 1 N–H and O–H groups in total. The summed E-state index contributed by atoms with van der Waals surface area (Å²) >= 11 is 0. The third-order valence-corrected chi connectivity index (χ3v) is 4.85. The van der Waals surface area contributed by atoms with Gasteiger partial charge in [-0.2, -0.15) is 0 Å². The SMILES string of the molecule is CC1(C(=O)c2cccc(C3CCC3)c2)CCCCN1. The van der Waals surface area contributed by atoms with Gasteiger partial charge in [0.1, 0.15) is 0 Å². The van der Waals surface area contributed by atoms with E-state index in [-0.39, 0.29) is 11.3 Å². The Balaban J connectivity index is 1.82. The number of hydrogen-bond acceptors (Lipinski definition) is 2. The van der Waals surface area contributed by atoms with Gasteiger partial charge in [0.05, 0.1) is 5.54 Å². The molecule has 1 aromatic rings. The number of ketones is 1. The Labute approximate surface area is 115 Å². The number of benzene rings is 1. The van der Waals surface area contributed by atoms with Crippen molar-refractivity contribution in [3.8, 4) is 0 Å². The van der Waals surface area contributed by atoms with Crippen LogP contribution in [0.4, 0.5) is 0 Å². The van der Waals surface area contributed by atoms with Gasteiger partial charge in [-0.25, -0.2) is 0 Å². The van der Waals surface area contributed by atoms with E-state index in [1.54, 1.807) is 0 Å². The number of nitrogens with one attached hydrogen (secondary N) is 1. The summed E-state index contributed by atoms with van der Waals surface area (Å²) in [6.45, 7) is 3.02. The predicted octanol–water partition coefficient (Wildman–Crippen LogP) is 3.67. The highest BCUT2D eigenvalue weighted by Crippen LogP contribution is 2.37. The lowest BCUT2D eigenvalue weighted by Crippen LogP contribution is -2.52. The van der Waals surface area contributed by atoms with Crippen LogP contribution in [0, 0.1) is 0 Å². The van der Waals surface area contributed by atoms with Gasteiger partial charge in [-0.05, 0) is 63.1 Å². The molecule has 1 atom stereocenters. The fraction of sp³-hybridized carbons (Fsp3) is 0.588. The molecular formula is C17H23NO. The second-order valence-electron chi connectivity index (χ2n) is 6.30. The van der Waals surface area contributed by atoms with Crippen LogP contribution >= 0.6 is 0 Å². The van der Waals surface area contributed by atoms with Gasteiger partial charge >= 0.3 is 0 Å². The van der Waals surface area contributed by atoms with E-state index in [0.29, 0.717) is 5.92 Å². The zero-order chi connectivity index (χ0) is 13.3. The van der Waals surface area contributed by atoms with E-state index in [0.717, 1.165) is 24.9 Å². The average molecular weight is 257 g/mol. The van der Waals surface area contributed by atoms with Crippen molar-refractivity contribution in [1.82, 2.24) is 5.32 Å². The van der Waals surface area contributed by atoms with Crippen LogP contribution in [0.3, 0.4) is 0 Å². The smallest absolute Gasteiger partial charge is 0.182 e. The molecule has 2 fully saturated rings. The molecule has 0 spiro atoms. The molecular weight excluding hydrogens is 234 g/mol. The lowest BCUT2D eigenvalue weighted by molar-refractivity contribution is 0.0834. The Hall–Kier alpha value is -1.15. The number of hydrogen-bond donors (Lipinski definition) is 1. The van der Waals surface area contributed by atoms with Crippen LogP contribution in [-0.2, 0) is 0 Å². The van der Waals surface area contributed by atoms with E-state index in [4.69, 9.17) is 0 Å². The Morgan fingerprint density at radius 3 is 2.74 bits per heavy atom. The van der Waals surface area contributed by atoms with Crippen LogP contribution in [0.15, 0.2) is 24.3 Å². The average Bonchev–Trinajstić information content (AvgIpc) is 2.37. The fourth-order valence-electron chi connectivity index (χ4n) is 3.24. The molecule has 1 unspecified atom stereocenters. The van der Waals surface area contributed by atoms with Crippen molar-refractivity contribution in [2.24, 2.45) is 0 Å². The van der Waals surface area contributed by atoms with Crippen molar-refractivity contribution in [3.05, 3.63) is 35.4 Å². The first-order chi connectivity index (χ1) is 9.19. The number of rotatable bonds is 3. The summed E-state index contributed by atoms with van der Waals surface area (Å²) < 4.78 is 0. The molecule has 0 radical (unpaired) electrons. The zero-order valence-corrected chi connectivity index (χ0v) is 11.7. The molecule has 19 heavy (non-hydrogen) atoms. The van der Waals surface area contributed by atoms with Crippen molar-refractivity contribution >= 4 is 5.78 Å². The molecule has 1 aliphatic carbocycles. The molecule has 102 valence electrons. The van der Waals surface area contributed by atoms with E-state index >= 15 is 0 Å². The van der Waals surface area contributed by atoms with Crippen molar-refractivity contribution in [2.75, 3.05) is 6.54 Å². The molecule has 0 amide bonds. The lowest BCUT2D eigenvalue weighted by Gasteiger charge is -2.34. The minimum atomic E-state index is -0.351. The number of Topliss-reactive ketones (excluding diaryl/α,β-unsaturated/α-hetero) is 1. The molecule has 0 bridgehead atoms. The molecule has 1 heterocycles. The first-order valence-corrected chi connectivity index (χ1v) is 7.59. The second kappa shape index (κ2) is 5.09. The highest BCUT2D eigenvalue weighted by atomic mass is 16.1. The fourth-order valence-corrected chi connectivity index (χ4v) is 3.24. The maximum Gasteiger partial charge on any atom is 0.182 e. The molecule has 2 heteroatoms. The Bertz CT molecular complexity index is 470. The van der Waals surface area contributed by atoms with Crippen molar-refractivity contribution in [2.45, 2.75) is 56.9 Å². The second-order valence-corrected chi connectivity index (χ2v) is 6.30. The number of piperidine rings is 1. The maximum absolute atomic E-state index is 12.7. The molecule has 2 nitrogen and oxygen atoms in total. The Kier molecular flexibility index (Phi) is 3.44. The number of carbonyl (C=O) groups excluding carboxylic acids is 1. The molecule has 1 saturated carbocycles. The monoisotopic (exact) mass is 257 g/mol. The summed E-state index contributed by atoms with van der Waals surface area (Å²) in [4.78, 5) is 12.7. The molecule has 2 aliphatic rings. The molecule has 3 rings (SSSR count). The largest absolute Gasteiger partial charge is 0.305 e. The van der Waals surface area contributed by atoms with Crippen molar-refractivity contribution in [1.29, 1.82) is 0 Å². The minimum absolute atomic E-state index is 0.272. The van der Waals surface area contributed by atoms with Crippen LogP contribution in [0.25, 0.3) is 0 Å². The van der Waals surface area contributed by atoms with Crippen molar-refractivity contribution < 1.29 is 4.79 Å². The van der Waals surface area contributed by atoms with Gasteiger partial charge in [0.2, 0.25) is 0 Å². The standard InChI is InChI=1S/C17H23NO/c1-17(10-2-3-11-18-17)16(19)15-9-5-8-14(12-15)13-6-4-7-13/h5,8-9,12-13,18H,2-4,6-7,10-11H2,1H3. The van der Waals surface area contributed by atoms with Gasteiger partial charge in [0, 0.05) is 5.56 Å². The summed E-state index contributed by atoms with van der Waals surface area (Å²) in [6, 6.07) is 8.34. The van der Waals surface area contributed by atoms with Gasteiger partial charge in [-0.3, -0.25) is 4.79 Å². The van der Waals surface area contributed by atoms with Gasteiger partial charge in [0.25, 0.3) is 0 Å². The van der Waals surface area contributed by atoms with Crippen LogP contribution in [0.2, 0.25) is 0 Å². The highest BCUT2D eigenvalue weighted by molar-refractivity contribution is 6.03. The molecule has 1 aliphatic heterocycles. The normalized spacial score (nSPS) is 27.8. The quantitative estimate of drug-likeness (QED) is 0.837. The molecule has 0 aromatic heterocycles. The summed E-state index contributed by atoms with van der Waals surface area (Å²) in [5.74, 6) is 0.966. The van der Waals surface area contributed by atoms with Gasteiger partial charge in [-0.1, -0.05) is 24.6 Å². The summed E-state index contributed by atoms with van der Waals surface area (Å²) in [6.07, 6.45) is 7.20. The van der Waals surface area contributed by atoms with E-state index in [1.165, 1.54) is 31.2 Å². The maximum atomic E-state index is 12.7. The van der Waals surface area contributed by atoms with E-state index < -0.39 is 0 Å². The lowest BCUT2D eigenvalue weighted by atomic mass is 9.78. The zero-order valence-electron chi connectivity index (χ0n) is 11.7. The Morgan fingerprint density at radius 2 is 2.11 bits per heavy atom. The van der Waals surface area contributed by atoms with Crippen LogP contribution in [0.5, 0.6) is 0 Å². The third-order valence-electron chi connectivity index (χ3n) is 4.85. The highest BCUT2D eigenvalue weighted by Gasteiger charge is 2.35. The minimum Gasteiger partial charge on any atom is -0.305 e. The van der Waals surface area contributed by atoms with Crippen LogP contribution in [-0.4, -0.2) is 17.9 Å². The summed E-state index contributed by atoms with van der Waals surface area (Å²) in [7, 11) is 0. The van der Waals surface area contributed by atoms with E-state index in [9.17, 15) is 4.79 Å². The van der Waals surface area contributed by atoms with Gasteiger partial charge < -0.3 is 5.32 Å². The van der Waals surface area contributed by atoms with Crippen molar-refractivity contribution in [3.63, 3.8) is 0 Å². The third kappa shape index (κ3) is 2.46. The van der Waals surface area contributed by atoms with E-state index in [1.807, 2.05) is 12.1 Å². The van der Waals surface area contributed by atoms with Gasteiger partial charge in [0.15, 0.2) is 5.78 Å². The topological polar surface area (TPSA) is 29.1 Å². The molecule has 1 aromatic carbocycles.